The number of hydrogen-bond acceptors (Lipinski definition) is 3. The Morgan fingerprint density at radius 3 is 3.07 bits per heavy atom. The monoisotopic (exact) mass is 212 g/mol. The Hall–Kier alpha value is -1.62. The molecule has 0 saturated heterocycles. The minimum atomic E-state index is -1.07. The third-order valence-electron chi connectivity index (χ3n) is 2.13. The van der Waals surface area contributed by atoms with E-state index in [9.17, 15) is 9.18 Å². The van der Waals surface area contributed by atoms with E-state index in [1.54, 1.807) is 0 Å². The maximum Gasteiger partial charge on any atom is 0.307 e. The summed E-state index contributed by atoms with van der Waals surface area (Å²) in [5, 5.41) is 8.56. The summed E-state index contributed by atoms with van der Waals surface area (Å²) in [7, 11) is 0. The molecular weight excluding hydrogens is 203 g/mol. The van der Waals surface area contributed by atoms with Gasteiger partial charge in [0.2, 0.25) is 0 Å². The van der Waals surface area contributed by atoms with Crippen molar-refractivity contribution in [2.75, 3.05) is 6.79 Å². The van der Waals surface area contributed by atoms with Gasteiger partial charge in [-0.3, -0.25) is 4.79 Å². The molecule has 4 nitrogen and oxygen atoms in total. The smallest absolute Gasteiger partial charge is 0.307 e. The van der Waals surface area contributed by atoms with Crippen molar-refractivity contribution < 1.29 is 23.8 Å². The van der Waals surface area contributed by atoms with E-state index in [-0.39, 0.29) is 18.8 Å². The molecule has 1 aromatic rings. The van der Waals surface area contributed by atoms with Gasteiger partial charge < -0.3 is 14.6 Å². The number of carboxylic acid groups (broad SMARTS) is 1. The molecule has 5 heteroatoms. The molecule has 0 atom stereocenters. The lowest BCUT2D eigenvalue weighted by atomic mass is 10.1. The molecule has 1 aliphatic rings. The fourth-order valence-electron chi connectivity index (χ4n) is 1.44. The van der Waals surface area contributed by atoms with Crippen LogP contribution in [0.25, 0.3) is 0 Å². The Bertz CT molecular complexity index is 403. The number of carboxylic acids is 1. The average Bonchev–Trinajstić information content (AvgIpc) is 2.18. The van der Waals surface area contributed by atoms with Gasteiger partial charge >= 0.3 is 5.97 Å². The number of hydrogen-bond donors (Lipinski definition) is 1. The molecule has 1 N–H and O–H groups in total. The molecule has 0 spiro atoms. The highest BCUT2D eigenvalue weighted by atomic mass is 19.1. The van der Waals surface area contributed by atoms with E-state index in [2.05, 4.69) is 0 Å². The fourth-order valence-corrected chi connectivity index (χ4v) is 1.44. The Balaban J connectivity index is 2.36. The molecule has 0 saturated carbocycles. The van der Waals surface area contributed by atoms with Crippen molar-refractivity contribution >= 4 is 5.97 Å². The van der Waals surface area contributed by atoms with Gasteiger partial charge in [0.15, 0.2) is 6.79 Å². The Morgan fingerprint density at radius 2 is 2.33 bits per heavy atom. The fraction of sp³-hybridized carbons (Fsp3) is 0.300. The predicted molar refractivity (Wildman–Crippen MR) is 48.0 cm³/mol. The number of ether oxygens (including phenoxy) is 2. The van der Waals surface area contributed by atoms with Crippen LogP contribution < -0.4 is 4.74 Å². The third kappa shape index (κ3) is 2.07. The van der Waals surface area contributed by atoms with Gasteiger partial charge in [0.25, 0.3) is 0 Å². The highest BCUT2D eigenvalue weighted by Crippen LogP contribution is 2.27. The molecule has 15 heavy (non-hydrogen) atoms. The van der Waals surface area contributed by atoms with Gasteiger partial charge in [0.05, 0.1) is 13.0 Å². The van der Waals surface area contributed by atoms with E-state index in [4.69, 9.17) is 14.6 Å². The molecule has 0 unspecified atom stereocenters. The largest absolute Gasteiger partial charge is 0.481 e. The van der Waals surface area contributed by atoms with Gasteiger partial charge in [-0.2, -0.15) is 0 Å². The first-order valence-corrected chi connectivity index (χ1v) is 4.40. The van der Waals surface area contributed by atoms with Crippen molar-refractivity contribution in [2.45, 2.75) is 13.0 Å². The van der Waals surface area contributed by atoms with Crippen LogP contribution >= 0.6 is 0 Å². The lowest BCUT2D eigenvalue weighted by molar-refractivity contribution is -0.136. The number of rotatable bonds is 2. The van der Waals surface area contributed by atoms with Crippen LogP contribution in [-0.2, 0) is 22.6 Å². The molecular formula is C10H9FO4. The topological polar surface area (TPSA) is 55.8 Å². The van der Waals surface area contributed by atoms with E-state index < -0.39 is 11.8 Å². The molecule has 0 bridgehead atoms. The van der Waals surface area contributed by atoms with Crippen LogP contribution in [0.2, 0.25) is 0 Å². The molecule has 0 fully saturated rings. The molecule has 0 amide bonds. The number of benzene rings is 1. The van der Waals surface area contributed by atoms with Crippen LogP contribution in [0.4, 0.5) is 4.39 Å². The third-order valence-corrected chi connectivity index (χ3v) is 2.13. The van der Waals surface area contributed by atoms with E-state index in [1.165, 1.54) is 12.1 Å². The normalized spacial score (nSPS) is 14.2. The highest BCUT2D eigenvalue weighted by molar-refractivity contribution is 5.70. The van der Waals surface area contributed by atoms with Gasteiger partial charge in [-0.05, 0) is 12.1 Å². The summed E-state index contributed by atoms with van der Waals surface area (Å²) in [4.78, 5) is 10.5. The quantitative estimate of drug-likeness (QED) is 0.803. The van der Waals surface area contributed by atoms with Crippen LogP contribution in [0, 0.1) is 5.82 Å². The predicted octanol–water partition coefficient (Wildman–Crippen LogP) is 1.32. The Morgan fingerprint density at radius 1 is 1.53 bits per heavy atom. The first kappa shape index (κ1) is 9.92. The minimum Gasteiger partial charge on any atom is -0.481 e. The van der Waals surface area contributed by atoms with Crippen LogP contribution in [0.15, 0.2) is 12.1 Å². The zero-order chi connectivity index (χ0) is 10.8. The van der Waals surface area contributed by atoms with Gasteiger partial charge in [-0.15, -0.1) is 0 Å². The summed E-state index contributed by atoms with van der Waals surface area (Å²) in [5.74, 6) is -1.11. The number of carbonyl (C=O) groups is 1. The van der Waals surface area contributed by atoms with Gasteiger partial charge in [0.1, 0.15) is 11.6 Å². The summed E-state index contributed by atoms with van der Waals surface area (Å²) in [6, 6.07) is 2.67. The highest BCUT2D eigenvalue weighted by Gasteiger charge is 2.16. The second-order valence-corrected chi connectivity index (χ2v) is 3.23. The van der Waals surface area contributed by atoms with Crippen molar-refractivity contribution in [1.82, 2.24) is 0 Å². The van der Waals surface area contributed by atoms with E-state index in [0.29, 0.717) is 17.9 Å². The molecule has 1 heterocycles. The lowest BCUT2D eigenvalue weighted by Gasteiger charge is -2.18. The maximum atomic E-state index is 13.4. The van der Waals surface area contributed by atoms with Crippen LogP contribution in [-0.4, -0.2) is 17.9 Å². The van der Waals surface area contributed by atoms with Crippen molar-refractivity contribution in [3.8, 4) is 5.75 Å². The number of fused-ring (bicyclic) bond motifs is 1. The van der Waals surface area contributed by atoms with Crippen LogP contribution in [0.1, 0.15) is 11.1 Å². The minimum absolute atomic E-state index is 0.116. The lowest BCUT2D eigenvalue weighted by Crippen LogP contribution is -2.13. The summed E-state index contributed by atoms with van der Waals surface area (Å²) in [6.45, 7) is 0.407. The number of halogens is 1. The van der Waals surface area contributed by atoms with Gasteiger partial charge in [-0.1, -0.05) is 0 Å². The van der Waals surface area contributed by atoms with Crippen LogP contribution in [0.5, 0.6) is 5.75 Å². The van der Waals surface area contributed by atoms with Crippen molar-refractivity contribution in [1.29, 1.82) is 0 Å². The summed E-state index contributed by atoms with van der Waals surface area (Å²) >= 11 is 0. The first-order chi connectivity index (χ1) is 7.16. The molecule has 1 aliphatic heterocycles. The Labute approximate surface area is 85.2 Å². The van der Waals surface area contributed by atoms with Crippen LogP contribution in [0.3, 0.4) is 0 Å². The molecule has 1 aromatic carbocycles. The Kier molecular flexibility index (Phi) is 2.55. The zero-order valence-corrected chi connectivity index (χ0v) is 7.83. The molecule has 80 valence electrons. The van der Waals surface area contributed by atoms with Crippen molar-refractivity contribution in [2.24, 2.45) is 0 Å². The van der Waals surface area contributed by atoms with Gasteiger partial charge in [-0.25, -0.2) is 4.39 Å². The number of aliphatic carboxylic acids is 1. The summed E-state index contributed by atoms with van der Waals surface area (Å²) in [5.41, 5.74) is 0.732. The summed E-state index contributed by atoms with van der Waals surface area (Å²) in [6.07, 6.45) is -0.344. The van der Waals surface area contributed by atoms with E-state index in [1.807, 2.05) is 0 Å². The SMILES string of the molecule is O=C(O)Cc1cc2c(cc1F)COCO2. The van der Waals surface area contributed by atoms with E-state index >= 15 is 0 Å². The molecule has 0 aromatic heterocycles. The second kappa shape index (κ2) is 3.86. The average molecular weight is 212 g/mol. The molecule has 0 radical (unpaired) electrons. The standard InChI is InChI=1S/C10H9FO4/c11-8-1-7-4-14-5-15-9(7)2-6(8)3-10(12)13/h1-2H,3-5H2,(H,12,13). The van der Waals surface area contributed by atoms with Crippen molar-refractivity contribution in [3.05, 3.63) is 29.1 Å². The maximum absolute atomic E-state index is 13.4. The molecule has 2 rings (SSSR count). The summed E-state index contributed by atoms with van der Waals surface area (Å²) < 4.78 is 23.4. The molecule has 0 aliphatic carbocycles. The zero-order valence-electron chi connectivity index (χ0n) is 7.83. The van der Waals surface area contributed by atoms with Crippen molar-refractivity contribution in [3.63, 3.8) is 0 Å². The second-order valence-electron chi connectivity index (χ2n) is 3.23. The first-order valence-electron chi connectivity index (χ1n) is 4.40. The van der Waals surface area contributed by atoms with Gasteiger partial charge in [0, 0.05) is 11.1 Å². The van der Waals surface area contributed by atoms with E-state index in [0.717, 1.165) is 0 Å².